The third-order valence-electron chi connectivity index (χ3n) is 5.27. The molecule has 7 nitrogen and oxygen atoms in total. The highest BCUT2D eigenvalue weighted by Crippen LogP contribution is 2.36. The molecule has 2 aromatic heterocycles. The Bertz CT molecular complexity index is 1090. The average Bonchev–Trinajstić information content (AvgIpc) is 3.19. The monoisotopic (exact) mass is 476 g/mol. The molecule has 3 aromatic rings. The number of anilines is 1. The molecule has 0 radical (unpaired) electrons. The topological polar surface area (TPSA) is 83.9 Å². The van der Waals surface area contributed by atoms with Crippen LogP contribution >= 0.6 is 34.8 Å². The van der Waals surface area contributed by atoms with Gasteiger partial charge in [-0.15, -0.1) is 0 Å². The number of nitrogens with one attached hydrogen (secondary N) is 1. The summed E-state index contributed by atoms with van der Waals surface area (Å²) >= 11 is 18.2. The van der Waals surface area contributed by atoms with Gasteiger partial charge in [-0.2, -0.15) is 10.2 Å². The van der Waals surface area contributed by atoms with Crippen molar-refractivity contribution in [3.8, 4) is 0 Å². The number of nitrogens with zero attached hydrogens (tertiary/aromatic N) is 5. The lowest BCUT2D eigenvalue weighted by atomic mass is 9.89. The van der Waals surface area contributed by atoms with Gasteiger partial charge < -0.3 is 10.2 Å². The van der Waals surface area contributed by atoms with Gasteiger partial charge in [-0.25, -0.2) is 9.97 Å². The van der Waals surface area contributed by atoms with E-state index >= 15 is 0 Å². The van der Waals surface area contributed by atoms with Crippen molar-refractivity contribution in [1.82, 2.24) is 25.1 Å². The second-order valence-corrected chi connectivity index (χ2v) is 8.69. The molecule has 1 fully saturated rings. The molecule has 1 aromatic carbocycles. The molecule has 160 valence electrons. The summed E-state index contributed by atoms with van der Waals surface area (Å²) < 4.78 is 0. The minimum Gasteiger partial charge on any atom is -0.354 e. The van der Waals surface area contributed by atoms with Gasteiger partial charge in [0.2, 0.25) is 5.95 Å². The largest absolute Gasteiger partial charge is 0.354 e. The number of likely N-dealkylation sites (tertiary alicyclic amines) is 1. The summed E-state index contributed by atoms with van der Waals surface area (Å²) in [6.45, 7) is 3.49. The molecule has 4 rings (SSSR count). The van der Waals surface area contributed by atoms with Crippen molar-refractivity contribution < 1.29 is 4.79 Å². The quantitative estimate of drug-likeness (QED) is 0.582. The highest BCUT2D eigenvalue weighted by molar-refractivity contribution is 6.42. The molecule has 0 saturated carbocycles. The zero-order valence-electron chi connectivity index (χ0n) is 16.6. The van der Waals surface area contributed by atoms with Crippen LogP contribution in [0.5, 0.6) is 0 Å². The van der Waals surface area contributed by atoms with Gasteiger partial charge in [0.15, 0.2) is 0 Å². The molecule has 2 atom stereocenters. The number of benzene rings is 1. The number of halogens is 3. The number of rotatable bonds is 5. The second-order valence-electron chi connectivity index (χ2n) is 7.44. The van der Waals surface area contributed by atoms with E-state index in [1.807, 2.05) is 24.0 Å². The Hall–Kier alpha value is -2.48. The summed E-state index contributed by atoms with van der Waals surface area (Å²) in [4.78, 5) is 23.3. The maximum Gasteiger partial charge on any atom is 0.255 e. The summed E-state index contributed by atoms with van der Waals surface area (Å²) in [6.07, 6.45) is 4.57. The standard InChI is InChI=1S/C21H19Cl3N6O/c1-12-4-14(7-28-29-12)20(31)30-10-15(6-25-21-26-8-16(22)9-27-21)17(11-30)13-2-3-18(23)19(24)5-13/h2-5,7-9,15,17H,6,10-11H2,1H3,(H,25,26,27). The van der Waals surface area contributed by atoms with Crippen molar-refractivity contribution in [2.24, 2.45) is 5.92 Å². The number of hydrogen-bond acceptors (Lipinski definition) is 6. The molecule has 0 bridgehead atoms. The van der Waals surface area contributed by atoms with E-state index in [2.05, 4.69) is 25.5 Å². The first-order chi connectivity index (χ1) is 14.9. The number of amides is 1. The Morgan fingerprint density at radius 3 is 2.58 bits per heavy atom. The van der Waals surface area contributed by atoms with E-state index in [9.17, 15) is 4.79 Å². The first-order valence-corrected chi connectivity index (χ1v) is 10.8. The number of hydrogen-bond donors (Lipinski definition) is 1. The molecule has 31 heavy (non-hydrogen) atoms. The Morgan fingerprint density at radius 2 is 1.87 bits per heavy atom. The van der Waals surface area contributed by atoms with Gasteiger partial charge >= 0.3 is 0 Å². The minimum absolute atomic E-state index is 0.0643. The minimum atomic E-state index is -0.0756. The van der Waals surface area contributed by atoms with Crippen molar-refractivity contribution in [1.29, 1.82) is 0 Å². The third kappa shape index (κ3) is 5.06. The van der Waals surface area contributed by atoms with E-state index in [4.69, 9.17) is 34.8 Å². The third-order valence-corrected chi connectivity index (χ3v) is 6.20. The molecule has 3 heterocycles. The first-order valence-electron chi connectivity index (χ1n) is 9.65. The Morgan fingerprint density at radius 1 is 1.10 bits per heavy atom. The van der Waals surface area contributed by atoms with Crippen LogP contribution < -0.4 is 5.32 Å². The van der Waals surface area contributed by atoms with E-state index in [1.165, 1.54) is 18.6 Å². The highest BCUT2D eigenvalue weighted by atomic mass is 35.5. The molecular formula is C21H19Cl3N6O. The van der Waals surface area contributed by atoms with Gasteiger partial charge in [0.05, 0.1) is 44.9 Å². The van der Waals surface area contributed by atoms with Gasteiger partial charge in [0.1, 0.15) is 0 Å². The Balaban J connectivity index is 1.56. The Kier molecular flexibility index (Phi) is 6.55. The molecule has 2 unspecified atom stereocenters. The van der Waals surface area contributed by atoms with Crippen molar-refractivity contribution in [3.05, 3.63) is 74.7 Å². The van der Waals surface area contributed by atoms with E-state index in [1.54, 1.807) is 12.1 Å². The van der Waals surface area contributed by atoms with Crippen molar-refractivity contribution >= 4 is 46.7 Å². The zero-order chi connectivity index (χ0) is 22.0. The lowest BCUT2D eigenvalue weighted by Gasteiger charge is -2.19. The lowest BCUT2D eigenvalue weighted by Crippen LogP contribution is -2.30. The molecule has 1 amide bonds. The van der Waals surface area contributed by atoms with Gasteiger partial charge in [-0.05, 0) is 30.7 Å². The fraction of sp³-hybridized carbons (Fsp3) is 0.286. The van der Waals surface area contributed by atoms with E-state index in [0.717, 1.165) is 5.56 Å². The number of aryl methyl sites for hydroxylation is 1. The van der Waals surface area contributed by atoms with Gasteiger partial charge in [0, 0.05) is 31.5 Å². The second kappa shape index (κ2) is 9.34. The summed E-state index contributed by atoms with van der Waals surface area (Å²) in [5.41, 5.74) is 2.25. The van der Waals surface area contributed by atoms with Crippen LogP contribution in [0.15, 0.2) is 42.9 Å². The molecule has 10 heteroatoms. The SMILES string of the molecule is Cc1cc(C(=O)N2CC(CNc3ncc(Cl)cn3)C(c3ccc(Cl)c(Cl)c3)C2)cnn1. The van der Waals surface area contributed by atoms with Crippen LogP contribution in [0, 0.1) is 12.8 Å². The smallest absolute Gasteiger partial charge is 0.255 e. The number of carbonyl (C=O) groups is 1. The van der Waals surface area contributed by atoms with Gasteiger partial charge in [-0.1, -0.05) is 40.9 Å². The maximum atomic E-state index is 13.1. The van der Waals surface area contributed by atoms with Crippen molar-refractivity contribution in [2.45, 2.75) is 12.8 Å². The number of carbonyl (C=O) groups excluding carboxylic acids is 1. The summed E-state index contributed by atoms with van der Waals surface area (Å²) in [5, 5.41) is 12.5. The van der Waals surface area contributed by atoms with Crippen LogP contribution in [0.4, 0.5) is 5.95 Å². The predicted molar refractivity (Wildman–Crippen MR) is 121 cm³/mol. The van der Waals surface area contributed by atoms with Gasteiger partial charge in [0.25, 0.3) is 5.91 Å². The molecule has 1 saturated heterocycles. The van der Waals surface area contributed by atoms with E-state index in [0.29, 0.717) is 51.9 Å². The maximum absolute atomic E-state index is 13.1. The van der Waals surface area contributed by atoms with Crippen molar-refractivity contribution in [3.63, 3.8) is 0 Å². The van der Waals surface area contributed by atoms with E-state index in [-0.39, 0.29) is 17.7 Å². The van der Waals surface area contributed by atoms with Crippen LogP contribution in [-0.2, 0) is 0 Å². The molecular weight excluding hydrogens is 459 g/mol. The average molecular weight is 478 g/mol. The fourth-order valence-electron chi connectivity index (χ4n) is 3.76. The first kappa shape index (κ1) is 21.7. The van der Waals surface area contributed by atoms with Crippen LogP contribution in [0.25, 0.3) is 0 Å². The van der Waals surface area contributed by atoms with Crippen LogP contribution in [-0.4, -0.2) is 50.6 Å². The normalized spacial score (nSPS) is 18.3. The summed E-state index contributed by atoms with van der Waals surface area (Å²) in [7, 11) is 0. The predicted octanol–water partition coefficient (Wildman–Crippen LogP) is 4.50. The van der Waals surface area contributed by atoms with E-state index < -0.39 is 0 Å². The molecule has 0 spiro atoms. The Labute approximate surface area is 194 Å². The highest BCUT2D eigenvalue weighted by Gasteiger charge is 2.36. The molecule has 1 aliphatic heterocycles. The fourth-order valence-corrected chi connectivity index (χ4v) is 4.17. The van der Waals surface area contributed by atoms with Crippen LogP contribution in [0.1, 0.15) is 27.5 Å². The zero-order valence-corrected chi connectivity index (χ0v) is 18.9. The number of aromatic nitrogens is 4. The molecule has 1 N–H and O–H groups in total. The van der Waals surface area contributed by atoms with Crippen molar-refractivity contribution in [2.75, 3.05) is 25.0 Å². The molecule has 1 aliphatic rings. The van der Waals surface area contributed by atoms with Crippen LogP contribution in [0.2, 0.25) is 15.1 Å². The molecule has 0 aliphatic carbocycles. The summed E-state index contributed by atoms with van der Waals surface area (Å²) in [6, 6.07) is 7.35. The summed E-state index contributed by atoms with van der Waals surface area (Å²) in [5.74, 6) is 0.579. The lowest BCUT2D eigenvalue weighted by molar-refractivity contribution is 0.0786. The van der Waals surface area contributed by atoms with Gasteiger partial charge in [-0.3, -0.25) is 4.79 Å². The van der Waals surface area contributed by atoms with Crippen LogP contribution in [0.3, 0.4) is 0 Å².